The van der Waals surface area contributed by atoms with Gasteiger partial charge in [-0.05, 0) is 48.5 Å². The third-order valence-electron chi connectivity index (χ3n) is 3.73. The van der Waals surface area contributed by atoms with Gasteiger partial charge in [0, 0.05) is 23.1 Å². The van der Waals surface area contributed by atoms with E-state index in [9.17, 15) is 4.79 Å². The number of nitrogens with one attached hydrogen (secondary N) is 1. The van der Waals surface area contributed by atoms with Crippen molar-refractivity contribution in [2.24, 2.45) is 0 Å². The second-order valence-corrected chi connectivity index (χ2v) is 6.37. The molecule has 0 saturated carbocycles. The second kappa shape index (κ2) is 6.78. The van der Waals surface area contributed by atoms with Gasteiger partial charge in [-0.15, -0.1) is 0 Å². The van der Waals surface area contributed by atoms with E-state index in [2.05, 4.69) is 15.3 Å². The predicted molar refractivity (Wildman–Crippen MR) is 102 cm³/mol. The summed E-state index contributed by atoms with van der Waals surface area (Å²) in [5, 5.41) is 3.80. The predicted octanol–water partition coefficient (Wildman–Crippen LogP) is 5.45. The Morgan fingerprint density at radius 3 is 2.73 bits per heavy atom. The maximum absolute atomic E-state index is 12.2. The van der Waals surface area contributed by atoms with E-state index in [1.165, 1.54) is 6.20 Å². The molecule has 0 radical (unpaired) electrons. The lowest BCUT2D eigenvalue weighted by Gasteiger charge is -2.04. The van der Waals surface area contributed by atoms with Crippen LogP contribution in [0.1, 0.15) is 10.4 Å². The number of fused-ring (bicyclic) bond motifs is 1. The van der Waals surface area contributed by atoms with Gasteiger partial charge in [-0.1, -0.05) is 23.2 Å². The number of anilines is 1. The zero-order valence-electron chi connectivity index (χ0n) is 13.2. The van der Waals surface area contributed by atoms with Crippen molar-refractivity contribution in [2.45, 2.75) is 0 Å². The van der Waals surface area contributed by atoms with Crippen LogP contribution in [0.5, 0.6) is 0 Å². The van der Waals surface area contributed by atoms with Gasteiger partial charge < -0.3 is 9.73 Å². The number of oxazole rings is 1. The highest BCUT2D eigenvalue weighted by Gasteiger charge is 2.13. The van der Waals surface area contributed by atoms with Crippen molar-refractivity contribution in [1.29, 1.82) is 0 Å². The molecule has 7 heteroatoms. The van der Waals surface area contributed by atoms with Crippen molar-refractivity contribution < 1.29 is 9.21 Å². The first-order chi connectivity index (χ1) is 12.6. The van der Waals surface area contributed by atoms with Crippen LogP contribution in [-0.4, -0.2) is 15.9 Å². The quantitative estimate of drug-likeness (QED) is 0.510. The first-order valence-corrected chi connectivity index (χ1v) is 8.43. The van der Waals surface area contributed by atoms with Crippen LogP contribution >= 0.6 is 23.2 Å². The van der Waals surface area contributed by atoms with Crippen molar-refractivity contribution in [3.8, 4) is 11.5 Å². The molecule has 0 atom stereocenters. The van der Waals surface area contributed by atoms with Gasteiger partial charge in [-0.25, -0.2) is 4.98 Å². The Morgan fingerprint density at radius 2 is 1.96 bits per heavy atom. The van der Waals surface area contributed by atoms with Gasteiger partial charge in [0.25, 0.3) is 5.91 Å². The molecule has 26 heavy (non-hydrogen) atoms. The molecule has 5 nitrogen and oxygen atoms in total. The van der Waals surface area contributed by atoms with E-state index in [1.807, 2.05) is 0 Å². The Hall–Kier alpha value is -2.89. The van der Waals surface area contributed by atoms with Crippen molar-refractivity contribution in [1.82, 2.24) is 9.97 Å². The largest absolute Gasteiger partial charge is 0.436 e. The third kappa shape index (κ3) is 3.27. The molecule has 2 aromatic heterocycles. The van der Waals surface area contributed by atoms with Crippen LogP contribution in [0.4, 0.5) is 5.69 Å². The molecule has 4 aromatic rings. The standard InChI is InChI=1S/C19H11Cl2N3O2/c20-12-3-5-14(15(21)8-12)19-24-16-9-13(4-6-17(16)26-19)23-18(25)11-2-1-7-22-10-11/h1-10H,(H,23,25). The Labute approximate surface area is 158 Å². The lowest BCUT2D eigenvalue weighted by Crippen LogP contribution is -2.11. The number of aromatic nitrogens is 2. The average Bonchev–Trinajstić information content (AvgIpc) is 3.05. The van der Waals surface area contributed by atoms with Gasteiger partial charge in [0.15, 0.2) is 5.58 Å². The molecule has 1 amide bonds. The second-order valence-electron chi connectivity index (χ2n) is 5.52. The van der Waals surface area contributed by atoms with Gasteiger partial charge >= 0.3 is 0 Å². The number of halogens is 2. The lowest BCUT2D eigenvalue weighted by atomic mass is 10.2. The van der Waals surface area contributed by atoms with Gasteiger partial charge in [-0.2, -0.15) is 0 Å². The molecule has 0 aliphatic carbocycles. The molecule has 2 heterocycles. The van der Waals surface area contributed by atoms with Gasteiger partial charge in [-0.3, -0.25) is 9.78 Å². The maximum Gasteiger partial charge on any atom is 0.257 e. The minimum atomic E-state index is -0.248. The molecular weight excluding hydrogens is 373 g/mol. The Kier molecular flexibility index (Phi) is 4.32. The summed E-state index contributed by atoms with van der Waals surface area (Å²) in [5.74, 6) is 0.138. The van der Waals surface area contributed by atoms with E-state index in [-0.39, 0.29) is 5.91 Å². The Morgan fingerprint density at radius 1 is 1.08 bits per heavy atom. The number of carbonyl (C=O) groups excluding carboxylic acids is 1. The maximum atomic E-state index is 12.2. The van der Waals surface area contributed by atoms with Crippen LogP contribution in [0.2, 0.25) is 10.0 Å². The Bertz CT molecular complexity index is 1110. The SMILES string of the molecule is O=C(Nc1ccc2oc(-c3ccc(Cl)cc3Cl)nc2c1)c1cccnc1. The summed E-state index contributed by atoms with van der Waals surface area (Å²) in [6.07, 6.45) is 3.12. The van der Waals surface area contributed by atoms with Crippen LogP contribution in [0, 0.1) is 0 Å². The molecule has 1 N–H and O–H groups in total. The monoisotopic (exact) mass is 383 g/mol. The van der Waals surface area contributed by atoms with Crippen LogP contribution in [-0.2, 0) is 0 Å². The topological polar surface area (TPSA) is 68.0 Å². The summed E-state index contributed by atoms with van der Waals surface area (Å²) in [4.78, 5) is 20.6. The first kappa shape index (κ1) is 16.6. The molecule has 0 aliphatic heterocycles. The normalized spacial score (nSPS) is 10.8. The van der Waals surface area contributed by atoms with Crippen molar-refractivity contribution in [3.05, 3.63) is 76.5 Å². The van der Waals surface area contributed by atoms with Crippen molar-refractivity contribution >= 4 is 45.9 Å². The zero-order valence-corrected chi connectivity index (χ0v) is 14.8. The third-order valence-corrected chi connectivity index (χ3v) is 4.28. The van der Waals surface area contributed by atoms with Crippen molar-refractivity contribution in [3.63, 3.8) is 0 Å². The fraction of sp³-hybridized carbons (Fsp3) is 0. The highest BCUT2D eigenvalue weighted by Crippen LogP contribution is 2.32. The number of carbonyl (C=O) groups is 1. The summed E-state index contributed by atoms with van der Waals surface area (Å²) in [7, 11) is 0. The van der Waals surface area contributed by atoms with Gasteiger partial charge in [0.05, 0.1) is 16.1 Å². The molecule has 0 spiro atoms. The molecule has 0 bridgehead atoms. The van der Waals surface area contributed by atoms with E-state index in [4.69, 9.17) is 27.6 Å². The molecule has 0 fully saturated rings. The number of rotatable bonds is 3. The van der Waals surface area contributed by atoms with E-state index >= 15 is 0 Å². The van der Waals surface area contributed by atoms with E-state index in [1.54, 1.807) is 54.7 Å². The summed E-state index contributed by atoms with van der Waals surface area (Å²) in [6.45, 7) is 0. The fourth-order valence-corrected chi connectivity index (χ4v) is 2.97. The zero-order chi connectivity index (χ0) is 18.1. The first-order valence-electron chi connectivity index (χ1n) is 7.67. The summed E-state index contributed by atoms with van der Waals surface area (Å²) < 4.78 is 5.76. The number of pyridine rings is 1. The molecule has 0 saturated heterocycles. The fourth-order valence-electron chi connectivity index (χ4n) is 2.48. The average molecular weight is 384 g/mol. The summed E-state index contributed by atoms with van der Waals surface area (Å²) in [6, 6.07) is 13.7. The minimum Gasteiger partial charge on any atom is -0.436 e. The van der Waals surface area contributed by atoms with Crippen LogP contribution in [0.25, 0.3) is 22.6 Å². The molecule has 4 rings (SSSR count). The molecule has 128 valence electrons. The van der Waals surface area contributed by atoms with Crippen LogP contribution in [0.15, 0.2) is 65.3 Å². The number of hydrogen-bond donors (Lipinski definition) is 1. The highest BCUT2D eigenvalue weighted by molar-refractivity contribution is 6.36. The van der Waals surface area contributed by atoms with Crippen LogP contribution < -0.4 is 5.32 Å². The lowest BCUT2D eigenvalue weighted by molar-refractivity contribution is 0.102. The smallest absolute Gasteiger partial charge is 0.257 e. The minimum absolute atomic E-state index is 0.248. The number of hydrogen-bond acceptors (Lipinski definition) is 4. The number of benzene rings is 2. The van der Waals surface area contributed by atoms with Gasteiger partial charge in [0.1, 0.15) is 5.52 Å². The van der Waals surface area contributed by atoms with E-state index in [0.29, 0.717) is 43.9 Å². The number of nitrogens with zero attached hydrogens (tertiary/aromatic N) is 2. The molecule has 2 aromatic carbocycles. The van der Waals surface area contributed by atoms with Gasteiger partial charge in [0.2, 0.25) is 5.89 Å². The van der Waals surface area contributed by atoms with Crippen LogP contribution in [0.3, 0.4) is 0 Å². The number of amides is 1. The Balaban J connectivity index is 1.65. The summed E-state index contributed by atoms with van der Waals surface area (Å²) >= 11 is 12.1. The molecular formula is C19H11Cl2N3O2. The molecule has 0 unspecified atom stereocenters. The van der Waals surface area contributed by atoms with Crippen molar-refractivity contribution in [2.75, 3.05) is 5.32 Å². The van der Waals surface area contributed by atoms with E-state index in [0.717, 1.165) is 0 Å². The highest BCUT2D eigenvalue weighted by atomic mass is 35.5. The van der Waals surface area contributed by atoms with E-state index < -0.39 is 0 Å². The molecule has 0 aliphatic rings. The summed E-state index contributed by atoms with van der Waals surface area (Å²) in [5.41, 5.74) is 2.92.